The molecule has 2 rings (SSSR count). The summed E-state index contributed by atoms with van der Waals surface area (Å²) in [4.78, 5) is 0. The van der Waals surface area contributed by atoms with Crippen LogP contribution < -0.4 is 5.73 Å². The molecule has 0 amide bonds. The molecule has 0 unspecified atom stereocenters. The van der Waals surface area contributed by atoms with E-state index < -0.39 is 0 Å². The van der Waals surface area contributed by atoms with E-state index >= 15 is 0 Å². The second kappa shape index (κ2) is 3.09. The molecule has 0 aliphatic heterocycles. The van der Waals surface area contributed by atoms with Crippen LogP contribution >= 0.6 is 0 Å². The van der Waals surface area contributed by atoms with Gasteiger partial charge in [0.15, 0.2) is 0 Å². The van der Waals surface area contributed by atoms with Crippen molar-refractivity contribution in [3.8, 4) is 0 Å². The van der Waals surface area contributed by atoms with Crippen LogP contribution in [0.5, 0.6) is 0 Å². The highest BCUT2D eigenvalue weighted by molar-refractivity contribution is 5.77. The molecule has 2 N–H and O–H groups in total. The highest BCUT2D eigenvalue weighted by Gasteiger charge is 2.05. The summed E-state index contributed by atoms with van der Waals surface area (Å²) in [6.07, 6.45) is 9.55. The van der Waals surface area contributed by atoms with Gasteiger partial charge in [0.25, 0.3) is 0 Å². The summed E-state index contributed by atoms with van der Waals surface area (Å²) in [5, 5.41) is 0. The number of hydrogen-bond acceptors (Lipinski definition) is 1. The summed E-state index contributed by atoms with van der Waals surface area (Å²) < 4.78 is 0. The molecule has 66 valence electrons. The molecular weight excluding hydrogens is 158 g/mol. The molecule has 1 aromatic rings. The Bertz CT molecular complexity index is 349. The van der Waals surface area contributed by atoms with E-state index in [2.05, 4.69) is 37.3 Å². The third-order valence-corrected chi connectivity index (χ3v) is 2.38. The summed E-state index contributed by atoms with van der Waals surface area (Å²) in [6, 6.07) is 4.04. The molecule has 0 heterocycles. The van der Waals surface area contributed by atoms with Crippen molar-refractivity contribution in [3.63, 3.8) is 0 Å². The number of benzene rings is 1. The van der Waals surface area contributed by atoms with E-state index in [-0.39, 0.29) is 0 Å². The van der Waals surface area contributed by atoms with Gasteiger partial charge in [0, 0.05) is 11.3 Å². The number of aryl methyl sites for hydroxylation is 1. The lowest BCUT2D eigenvalue weighted by Crippen LogP contribution is -1.93. The Morgan fingerprint density at radius 2 is 1.77 bits per heavy atom. The summed E-state index contributed by atoms with van der Waals surface area (Å²) in [7, 11) is 0. The Labute approximate surface area is 78.6 Å². The van der Waals surface area contributed by atoms with Crippen molar-refractivity contribution in [2.75, 3.05) is 5.73 Å². The molecule has 1 aromatic carbocycles. The first kappa shape index (κ1) is 8.11. The van der Waals surface area contributed by atoms with Crippen LogP contribution in [0, 0.1) is 6.92 Å². The van der Waals surface area contributed by atoms with Gasteiger partial charge in [0.05, 0.1) is 0 Å². The minimum Gasteiger partial charge on any atom is -0.398 e. The monoisotopic (exact) mass is 171 g/mol. The molecule has 0 saturated heterocycles. The van der Waals surface area contributed by atoms with Gasteiger partial charge in [-0.3, -0.25) is 0 Å². The Kier molecular flexibility index (Phi) is 1.93. The molecule has 1 aliphatic rings. The molecule has 0 bridgehead atoms. The van der Waals surface area contributed by atoms with Crippen molar-refractivity contribution in [1.82, 2.24) is 0 Å². The summed E-state index contributed by atoms with van der Waals surface area (Å²) in [5.41, 5.74) is 10.5. The maximum Gasteiger partial charge on any atom is 0.0393 e. The van der Waals surface area contributed by atoms with Crippen LogP contribution in [0.2, 0.25) is 0 Å². The predicted octanol–water partition coefficient (Wildman–Crippen LogP) is 3.01. The Morgan fingerprint density at radius 3 is 2.54 bits per heavy atom. The zero-order chi connectivity index (χ0) is 9.26. The number of rotatable bonds is 0. The molecule has 0 fully saturated rings. The molecule has 13 heavy (non-hydrogen) atoms. The second-order valence-corrected chi connectivity index (χ2v) is 3.34. The molecule has 0 saturated carbocycles. The van der Waals surface area contributed by atoms with E-state index in [1.165, 1.54) is 11.1 Å². The summed E-state index contributed by atoms with van der Waals surface area (Å²) in [6.45, 7) is 2.11. The van der Waals surface area contributed by atoms with Crippen LogP contribution in [0.3, 0.4) is 0 Å². The van der Waals surface area contributed by atoms with Crippen molar-refractivity contribution < 1.29 is 0 Å². The molecule has 0 aromatic heterocycles. The van der Waals surface area contributed by atoms with E-state index in [1.54, 1.807) is 0 Å². The average Bonchev–Trinajstić information content (AvgIpc) is 2.37. The highest BCUT2D eigenvalue weighted by atomic mass is 14.6. The van der Waals surface area contributed by atoms with Gasteiger partial charge in [0.1, 0.15) is 0 Å². The third-order valence-electron chi connectivity index (χ3n) is 2.38. The van der Waals surface area contributed by atoms with Gasteiger partial charge in [-0.1, -0.05) is 30.4 Å². The lowest BCUT2D eigenvalue weighted by Gasteiger charge is -2.07. The molecular formula is C12H13N. The van der Waals surface area contributed by atoms with Gasteiger partial charge in [-0.2, -0.15) is 0 Å². The SMILES string of the molecule is Cc1ccc(N)c2c1C=CCC=C2. The Morgan fingerprint density at radius 1 is 1.08 bits per heavy atom. The molecule has 0 atom stereocenters. The normalized spacial score (nSPS) is 13.9. The van der Waals surface area contributed by atoms with Gasteiger partial charge >= 0.3 is 0 Å². The van der Waals surface area contributed by atoms with Gasteiger partial charge in [-0.25, -0.2) is 0 Å². The van der Waals surface area contributed by atoms with Crippen molar-refractivity contribution in [3.05, 3.63) is 41.0 Å². The fraction of sp³-hybridized carbons (Fsp3) is 0.167. The summed E-state index contributed by atoms with van der Waals surface area (Å²) >= 11 is 0. The lowest BCUT2D eigenvalue weighted by molar-refractivity contribution is 1.42. The van der Waals surface area contributed by atoms with Crippen molar-refractivity contribution >= 4 is 17.8 Å². The number of nitrogen functional groups attached to an aromatic ring is 1. The number of fused-ring (bicyclic) bond motifs is 1. The maximum atomic E-state index is 5.89. The standard InChI is InChI=1S/C12H13N/c1-9-7-8-12(13)11-6-4-2-3-5-10(9)11/h3-8H,2,13H2,1H3. The zero-order valence-electron chi connectivity index (χ0n) is 7.75. The number of allylic oxidation sites excluding steroid dienone is 2. The first-order valence-corrected chi connectivity index (χ1v) is 4.51. The largest absolute Gasteiger partial charge is 0.398 e. The Balaban J connectivity index is 2.71. The van der Waals surface area contributed by atoms with Gasteiger partial charge in [-0.15, -0.1) is 0 Å². The first-order valence-electron chi connectivity index (χ1n) is 4.51. The minimum absolute atomic E-state index is 0.864. The number of hydrogen-bond donors (Lipinski definition) is 1. The number of nitrogens with two attached hydrogens (primary N) is 1. The fourth-order valence-corrected chi connectivity index (χ4v) is 1.62. The molecule has 1 heteroatoms. The average molecular weight is 171 g/mol. The zero-order valence-corrected chi connectivity index (χ0v) is 7.75. The fourth-order valence-electron chi connectivity index (χ4n) is 1.62. The van der Waals surface area contributed by atoms with E-state index in [4.69, 9.17) is 5.73 Å². The van der Waals surface area contributed by atoms with E-state index in [0.29, 0.717) is 0 Å². The predicted molar refractivity (Wildman–Crippen MR) is 58.3 cm³/mol. The minimum atomic E-state index is 0.864. The van der Waals surface area contributed by atoms with Crippen LogP contribution in [0.25, 0.3) is 12.2 Å². The second-order valence-electron chi connectivity index (χ2n) is 3.34. The smallest absolute Gasteiger partial charge is 0.0393 e. The van der Waals surface area contributed by atoms with Gasteiger partial charge < -0.3 is 5.73 Å². The van der Waals surface area contributed by atoms with Crippen LogP contribution in [-0.2, 0) is 0 Å². The van der Waals surface area contributed by atoms with Gasteiger partial charge in [0.2, 0.25) is 0 Å². The van der Waals surface area contributed by atoms with Crippen molar-refractivity contribution in [2.45, 2.75) is 13.3 Å². The van der Waals surface area contributed by atoms with Crippen LogP contribution in [0.4, 0.5) is 5.69 Å². The first-order chi connectivity index (χ1) is 6.29. The van der Waals surface area contributed by atoms with Gasteiger partial charge in [-0.05, 0) is 30.5 Å². The van der Waals surface area contributed by atoms with Crippen molar-refractivity contribution in [1.29, 1.82) is 0 Å². The van der Waals surface area contributed by atoms with E-state index in [1.807, 2.05) is 6.07 Å². The molecule has 0 radical (unpaired) electrons. The molecule has 0 spiro atoms. The van der Waals surface area contributed by atoms with E-state index in [9.17, 15) is 0 Å². The van der Waals surface area contributed by atoms with E-state index in [0.717, 1.165) is 17.7 Å². The van der Waals surface area contributed by atoms with Crippen LogP contribution in [0.1, 0.15) is 23.1 Å². The molecule has 1 nitrogen and oxygen atoms in total. The van der Waals surface area contributed by atoms with Crippen molar-refractivity contribution in [2.24, 2.45) is 0 Å². The third kappa shape index (κ3) is 1.37. The topological polar surface area (TPSA) is 26.0 Å². The highest BCUT2D eigenvalue weighted by Crippen LogP contribution is 2.25. The van der Waals surface area contributed by atoms with Crippen LogP contribution in [0.15, 0.2) is 24.3 Å². The lowest BCUT2D eigenvalue weighted by atomic mass is 10.0. The Hall–Kier alpha value is -1.50. The number of anilines is 1. The quantitative estimate of drug-likeness (QED) is 0.596. The maximum absolute atomic E-state index is 5.89. The molecule has 1 aliphatic carbocycles. The van der Waals surface area contributed by atoms with Crippen LogP contribution in [-0.4, -0.2) is 0 Å². The summed E-state index contributed by atoms with van der Waals surface area (Å²) in [5.74, 6) is 0.